The molecule has 7 nitrogen and oxygen atoms in total. The summed E-state index contributed by atoms with van der Waals surface area (Å²) in [6.45, 7) is 3.45. The van der Waals surface area contributed by atoms with Crippen LogP contribution in [0.25, 0.3) is 0 Å². The first-order valence-corrected chi connectivity index (χ1v) is 10.3. The molecular formula is C26H28O7. The fourth-order valence-electron chi connectivity index (χ4n) is 2.94. The van der Waals surface area contributed by atoms with E-state index in [1.54, 1.807) is 58.4 Å². The first kappa shape index (κ1) is 25.4. The van der Waals surface area contributed by atoms with Crippen molar-refractivity contribution in [2.24, 2.45) is 0 Å². The molecule has 0 radical (unpaired) electrons. The van der Waals surface area contributed by atoms with Gasteiger partial charge in [0.25, 0.3) is 0 Å². The standard InChI is InChI=1S/C17H16O5.C9H12O2/c1-11(12-6-5-7-13(10-12)21-2)22-17(20)15-9-4-3-8-14(15)16(18)19;1-7(10)8-4-3-5-9(6-8)11-2/h3-11H,1-2H3,(H,18,19);3-7,10H,1-2H3. The van der Waals surface area contributed by atoms with Gasteiger partial charge in [0.05, 0.1) is 31.5 Å². The average molecular weight is 453 g/mol. The van der Waals surface area contributed by atoms with Gasteiger partial charge in [-0.15, -0.1) is 0 Å². The molecule has 0 aliphatic rings. The van der Waals surface area contributed by atoms with Crippen molar-refractivity contribution in [3.8, 4) is 11.5 Å². The minimum atomic E-state index is -1.17. The molecule has 0 aliphatic carbocycles. The van der Waals surface area contributed by atoms with E-state index in [9.17, 15) is 14.7 Å². The van der Waals surface area contributed by atoms with E-state index in [1.165, 1.54) is 12.1 Å². The van der Waals surface area contributed by atoms with Crippen LogP contribution < -0.4 is 9.47 Å². The number of aromatic carboxylic acids is 1. The number of aliphatic hydroxyl groups excluding tert-OH is 1. The predicted molar refractivity (Wildman–Crippen MR) is 124 cm³/mol. The third-order valence-corrected chi connectivity index (χ3v) is 4.80. The van der Waals surface area contributed by atoms with Crippen LogP contribution in [0.15, 0.2) is 72.8 Å². The van der Waals surface area contributed by atoms with Crippen molar-refractivity contribution < 1.29 is 34.0 Å². The fraction of sp³-hybridized carbons (Fsp3) is 0.231. The second-order valence-corrected chi connectivity index (χ2v) is 7.13. The maximum Gasteiger partial charge on any atom is 0.339 e. The van der Waals surface area contributed by atoms with Crippen LogP contribution in [0.1, 0.15) is 57.9 Å². The molecule has 0 amide bonds. The van der Waals surface area contributed by atoms with E-state index in [4.69, 9.17) is 19.3 Å². The second-order valence-electron chi connectivity index (χ2n) is 7.13. The van der Waals surface area contributed by atoms with Crippen molar-refractivity contribution >= 4 is 11.9 Å². The number of carbonyl (C=O) groups is 2. The first-order chi connectivity index (χ1) is 15.8. The summed E-state index contributed by atoms with van der Waals surface area (Å²) in [5.41, 5.74) is 1.60. The predicted octanol–water partition coefficient (Wildman–Crippen LogP) is 5.06. The smallest absolute Gasteiger partial charge is 0.339 e. The van der Waals surface area contributed by atoms with Crippen LogP contribution in [0, 0.1) is 0 Å². The van der Waals surface area contributed by atoms with Gasteiger partial charge in [0.15, 0.2) is 0 Å². The number of benzene rings is 3. The molecule has 3 aromatic rings. The number of carbonyl (C=O) groups excluding carboxylic acids is 1. The van der Waals surface area contributed by atoms with Gasteiger partial charge in [-0.25, -0.2) is 9.59 Å². The molecule has 2 unspecified atom stereocenters. The van der Waals surface area contributed by atoms with E-state index in [0.717, 1.165) is 16.9 Å². The lowest BCUT2D eigenvalue weighted by Gasteiger charge is -2.15. The SMILES string of the molecule is COc1cccc(C(C)O)c1.COc1cccc(C(C)OC(=O)c2ccccc2C(=O)O)c1. The number of ether oxygens (including phenoxy) is 3. The van der Waals surface area contributed by atoms with Crippen LogP contribution in [0.4, 0.5) is 0 Å². The highest BCUT2D eigenvalue weighted by Gasteiger charge is 2.20. The second kappa shape index (κ2) is 12.3. The zero-order valence-corrected chi connectivity index (χ0v) is 19.0. The molecule has 3 rings (SSSR count). The Hall–Kier alpha value is -3.84. The molecule has 0 spiro atoms. The van der Waals surface area contributed by atoms with Crippen molar-refractivity contribution in [1.82, 2.24) is 0 Å². The number of hydrogen-bond acceptors (Lipinski definition) is 6. The third-order valence-electron chi connectivity index (χ3n) is 4.80. The topological polar surface area (TPSA) is 102 Å². The Labute approximate surface area is 193 Å². The van der Waals surface area contributed by atoms with E-state index in [0.29, 0.717) is 5.75 Å². The van der Waals surface area contributed by atoms with E-state index in [2.05, 4.69) is 0 Å². The lowest BCUT2D eigenvalue weighted by Crippen LogP contribution is -2.13. The third kappa shape index (κ3) is 7.36. The minimum absolute atomic E-state index is 0.0322. The van der Waals surface area contributed by atoms with Gasteiger partial charge in [0.1, 0.15) is 17.6 Å². The molecule has 2 N–H and O–H groups in total. The van der Waals surface area contributed by atoms with Gasteiger partial charge in [-0.1, -0.05) is 36.4 Å². The molecule has 0 aliphatic heterocycles. The summed E-state index contributed by atoms with van der Waals surface area (Å²) in [6.07, 6.45) is -0.949. The van der Waals surface area contributed by atoms with Gasteiger partial charge in [0, 0.05) is 0 Å². The zero-order chi connectivity index (χ0) is 24.4. The van der Waals surface area contributed by atoms with Crippen LogP contribution in [0.5, 0.6) is 11.5 Å². The first-order valence-electron chi connectivity index (χ1n) is 10.3. The van der Waals surface area contributed by atoms with Gasteiger partial charge < -0.3 is 24.4 Å². The van der Waals surface area contributed by atoms with Crippen LogP contribution >= 0.6 is 0 Å². The van der Waals surface area contributed by atoms with Gasteiger partial charge >= 0.3 is 11.9 Å². The number of carboxylic acid groups (broad SMARTS) is 1. The van der Waals surface area contributed by atoms with Gasteiger partial charge in [-0.3, -0.25) is 0 Å². The maximum atomic E-state index is 12.2. The van der Waals surface area contributed by atoms with E-state index in [1.807, 2.05) is 30.3 Å². The van der Waals surface area contributed by atoms with Gasteiger partial charge in [-0.05, 0) is 61.4 Å². The zero-order valence-electron chi connectivity index (χ0n) is 19.0. The van der Waals surface area contributed by atoms with Crippen molar-refractivity contribution in [2.75, 3.05) is 14.2 Å². The summed E-state index contributed by atoms with van der Waals surface area (Å²) in [5.74, 6) is -0.398. The number of hydrogen-bond donors (Lipinski definition) is 2. The summed E-state index contributed by atoms with van der Waals surface area (Å²) in [5, 5.41) is 18.3. The molecule has 0 heterocycles. The summed E-state index contributed by atoms with van der Waals surface area (Å²) in [4.78, 5) is 23.3. The largest absolute Gasteiger partial charge is 0.497 e. The minimum Gasteiger partial charge on any atom is -0.497 e. The Bertz CT molecular complexity index is 1080. The molecule has 7 heteroatoms. The number of rotatable bonds is 7. The Morgan fingerprint density at radius 1 is 0.758 bits per heavy atom. The fourth-order valence-corrected chi connectivity index (χ4v) is 2.94. The van der Waals surface area contributed by atoms with Crippen LogP contribution in [-0.4, -0.2) is 36.4 Å². The molecule has 174 valence electrons. The summed E-state index contributed by atoms with van der Waals surface area (Å²) in [7, 11) is 3.17. The maximum absolute atomic E-state index is 12.2. The Morgan fingerprint density at radius 2 is 1.27 bits per heavy atom. The Morgan fingerprint density at radius 3 is 1.79 bits per heavy atom. The summed E-state index contributed by atoms with van der Waals surface area (Å²) < 4.78 is 15.5. The number of esters is 1. The molecule has 33 heavy (non-hydrogen) atoms. The number of aliphatic hydroxyl groups is 1. The Balaban J connectivity index is 0.000000294. The molecule has 0 saturated heterocycles. The highest BCUT2D eigenvalue weighted by molar-refractivity contribution is 6.02. The van der Waals surface area contributed by atoms with E-state index < -0.39 is 24.1 Å². The molecule has 0 saturated carbocycles. The highest BCUT2D eigenvalue weighted by atomic mass is 16.5. The number of methoxy groups -OCH3 is 2. The van der Waals surface area contributed by atoms with Crippen LogP contribution in [0.2, 0.25) is 0 Å². The summed E-state index contributed by atoms with van der Waals surface area (Å²) in [6, 6.07) is 20.5. The van der Waals surface area contributed by atoms with Crippen molar-refractivity contribution in [3.63, 3.8) is 0 Å². The normalized spacial score (nSPS) is 11.9. The lowest BCUT2D eigenvalue weighted by atomic mass is 10.1. The molecule has 0 fully saturated rings. The molecule has 3 aromatic carbocycles. The lowest BCUT2D eigenvalue weighted by molar-refractivity contribution is 0.0331. The average Bonchev–Trinajstić information content (AvgIpc) is 2.84. The van der Waals surface area contributed by atoms with Crippen molar-refractivity contribution in [3.05, 3.63) is 95.1 Å². The molecule has 2 atom stereocenters. The molecular weight excluding hydrogens is 424 g/mol. The summed E-state index contributed by atoms with van der Waals surface area (Å²) >= 11 is 0. The van der Waals surface area contributed by atoms with Gasteiger partial charge in [-0.2, -0.15) is 0 Å². The van der Waals surface area contributed by atoms with Crippen LogP contribution in [0.3, 0.4) is 0 Å². The quantitative estimate of drug-likeness (QED) is 0.483. The molecule has 0 bridgehead atoms. The van der Waals surface area contributed by atoms with Crippen LogP contribution in [-0.2, 0) is 4.74 Å². The van der Waals surface area contributed by atoms with Crippen molar-refractivity contribution in [1.29, 1.82) is 0 Å². The Kier molecular flexibility index (Phi) is 9.45. The highest BCUT2D eigenvalue weighted by Crippen LogP contribution is 2.23. The molecule has 0 aromatic heterocycles. The van der Waals surface area contributed by atoms with E-state index >= 15 is 0 Å². The van der Waals surface area contributed by atoms with E-state index in [-0.39, 0.29) is 11.1 Å². The number of carboxylic acids is 1. The van der Waals surface area contributed by atoms with Gasteiger partial charge in [0.2, 0.25) is 0 Å². The monoisotopic (exact) mass is 452 g/mol. The van der Waals surface area contributed by atoms with Crippen molar-refractivity contribution in [2.45, 2.75) is 26.1 Å².